The molecule has 0 spiro atoms. The van der Waals surface area contributed by atoms with Crippen LogP contribution in [0.1, 0.15) is 36.2 Å². The standard InChI is InChI=1S/C14H17ClN2OS/c1-3-14-17-11(8-19-14)7-18-13-5-4-10(9(2)16)6-12(13)15/h4-6,8-9H,3,7,16H2,1-2H3/t9-/m0/s1. The molecule has 2 aromatic rings. The fraction of sp³-hybridized carbons (Fsp3) is 0.357. The Labute approximate surface area is 122 Å². The Hall–Kier alpha value is -1.10. The molecule has 0 unspecified atom stereocenters. The van der Waals surface area contributed by atoms with Gasteiger partial charge in [-0.3, -0.25) is 0 Å². The zero-order valence-corrected chi connectivity index (χ0v) is 12.6. The van der Waals surface area contributed by atoms with Crippen molar-refractivity contribution < 1.29 is 4.74 Å². The maximum Gasteiger partial charge on any atom is 0.138 e. The van der Waals surface area contributed by atoms with Gasteiger partial charge in [0.25, 0.3) is 0 Å². The van der Waals surface area contributed by atoms with Crippen molar-refractivity contribution in [2.75, 3.05) is 0 Å². The van der Waals surface area contributed by atoms with Gasteiger partial charge in [-0.05, 0) is 31.0 Å². The van der Waals surface area contributed by atoms with E-state index in [4.69, 9.17) is 22.1 Å². The van der Waals surface area contributed by atoms with Gasteiger partial charge in [0.1, 0.15) is 12.4 Å². The molecule has 19 heavy (non-hydrogen) atoms. The third-order valence-corrected chi connectivity index (χ3v) is 4.10. The highest BCUT2D eigenvalue weighted by molar-refractivity contribution is 7.09. The van der Waals surface area contributed by atoms with Crippen molar-refractivity contribution >= 4 is 22.9 Å². The van der Waals surface area contributed by atoms with Crippen molar-refractivity contribution in [3.63, 3.8) is 0 Å². The molecule has 1 aromatic heterocycles. The number of ether oxygens (including phenoxy) is 1. The second-order valence-corrected chi connectivity index (χ2v) is 5.70. The van der Waals surface area contributed by atoms with E-state index < -0.39 is 0 Å². The molecule has 0 aliphatic carbocycles. The van der Waals surface area contributed by atoms with E-state index in [1.54, 1.807) is 11.3 Å². The lowest BCUT2D eigenvalue weighted by Crippen LogP contribution is -2.05. The summed E-state index contributed by atoms with van der Waals surface area (Å²) in [6, 6.07) is 5.61. The van der Waals surface area contributed by atoms with Crippen LogP contribution in [0.2, 0.25) is 5.02 Å². The van der Waals surface area contributed by atoms with Crippen molar-refractivity contribution in [2.45, 2.75) is 32.9 Å². The largest absolute Gasteiger partial charge is 0.486 e. The molecule has 0 radical (unpaired) electrons. The van der Waals surface area contributed by atoms with Crippen LogP contribution in [0.4, 0.5) is 0 Å². The Morgan fingerprint density at radius 3 is 2.84 bits per heavy atom. The molecule has 1 heterocycles. The van der Waals surface area contributed by atoms with E-state index in [1.807, 2.05) is 30.5 Å². The number of rotatable bonds is 5. The minimum atomic E-state index is -0.0304. The number of nitrogens with zero attached hydrogens (tertiary/aromatic N) is 1. The first-order valence-corrected chi connectivity index (χ1v) is 7.47. The lowest BCUT2D eigenvalue weighted by Gasteiger charge is -2.10. The lowest BCUT2D eigenvalue weighted by molar-refractivity contribution is 0.302. The van der Waals surface area contributed by atoms with Crippen LogP contribution in [0.25, 0.3) is 0 Å². The number of nitrogens with two attached hydrogens (primary N) is 1. The fourth-order valence-electron chi connectivity index (χ4n) is 1.65. The van der Waals surface area contributed by atoms with Crippen molar-refractivity contribution in [1.29, 1.82) is 0 Å². The summed E-state index contributed by atoms with van der Waals surface area (Å²) < 4.78 is 5.69. The summed E-state index contributed by atoms with van der Waals surface area (Å²) >= 11 is 7.83. The molecule has 0 fully saturated rings. The van der Waals surface area contributed by atoms with Gasteiger partial charge < -0.3 is 10.5 Å². The average molecular weight is 297 g/mol. The summed E-state index contributed by atoms with van der Waals surface area (Å²) in [6.45, 7) is 4.45. The predicted molar refractivity (Wildman–Crippen MR) is 79.9 cm³/mol. The monoisotopic (exact) mass is 296 g/mol. The number of aryl methyl sites for hydroxylation is 1. The topological polar surface area (TPSA) is 48.1 Å². The first-order chi connectivity index (χ1) is 9.10. The third-order valence-electron chi connectivity index (χ3n) is 2.76. The van der Waals surface area contributed by atoms with Crippen LogP contribution >= 0.6 is 22.9 Å². The molecule has 0 saturated carbocycles. The first-order valence-electron chi connectivity index (χ1n) is 6.21. The molecule has 0 amide bonds. The third kappa shape index (κ3) is 3.69. The minimum Gasteiger partial charge on any atom is -0.486 e. The Balaban J connectivity index is 2.03. The number of hydrogen-bond acceptors (Lipinski definition) is 4. The van der Waals surface area contributed by atoms with Crippen molar-refractivity contribution in [3.8, 4) is 5.75 Å². The zero-order chi connectivity index (χ0) is 13.8. The van der Waals surface area contributed by atoms with Crippen LogP contribution in [-0.2, 0) is 13.0 Å². The van der Waals surface area contributed by atoms with Crippen LogP contribution < -0.4 is 10.5 Å². The lowest BCUT2D eigenvalue weighted by atomic mass is 10.1. The summed E-state index contributed by atoms with van der Waals surface area (Å²) in [4.78, 5) is 4.45. The Kier molecular flexibility index (Phi) is 4.80. The molecular formula is C14H17ClN2OS. The van der Waals surface area contributed by atoms with Gasteiger partial charge in [0, 0.05) is 11.4 Å². The maximum atomic E-state index is 6.17. The predicted octanol–water partition coefficient (Wildman–Crippen LogP) is 3.96. The number of aromatic nitrogens is 1. The minimum absolute atomic E-state index is 0.0304. The molecule has 0 bridgehead atoms. The average Bonchev–Trinajstić information content (AvgIpc) is 2.85. The van der Waals surface area contributed by atoms with E-state index in [-0.39, 0.29) is 6.04 Å². The number of halogens is 1. The molecule has 1 aromatic carbocycles. The second kappa shape index (κ2) is 6.37. The van der Waals surface area contributed by atoms with Gasteiger partial charge in [-0.1, -0.05) is 24.6 Å². The highest BCUT2D eigenvalue weighted by atomic mass is 35.5. The van der Waals surface area contributed by atoms with Crippen LogP contribution in [0.3, 0.4) is 0 Å². The highest BCUT2D eigenvalue weighted by Crippen LogP contribution is 2.28. The zero-order valence-electron chi connectivity index (χ0n) is 11.0. The number of thiazole rings is 1. The van der Waals surface area contributed by atoms with E-state index in [9.17, 15) is 0 Å². The van der Waals surface area contributed by atoms with Gasteiger partial charge in [-0.15, -0.1) is 11.3 Å². The van der Waals surface area contributed by atoms with Crippen molar-refractivity contribution in [3.05, 3.63) is 44.9 Å². The van der Waals surface area contributed by atoms with Gasteiger partial charge >= 0.3 is 0 Å². The van der Waals surface area contributed by atoms with Gasteiger partial charge in [0.05, 0.1) is 15.7 Å². The second-order valence-electron chi connectivity index (χ2n) is 4.35. The number of hydrogen-bond donors (Lipinski definition) is 1. The maximum absolute atomic E-state index is 6.17. The van der Waals surface area contributed by atoms with Gasteiger partial charge in [-0.2, -0.15) is 0 Å². The summed E-state index contributed by atoms with van der Waals surface area (Å²) in [5.74, 6) is 0.664. The molecule has 2 N–H and O–H groups in total. The van der Waals surface area contributed by atoms with Gasteiger partial charge in [-0.25, -0.2) is 4.98 Å². The molecular weight excluding hydrogens is 280 g/mol. The van der Waals surface area contributed by atoms with Crippen LogP contribution in [0, 0.1) is 0 Å². The molecule has 2 rings (SSSR count). The quantitative estimate of drug-likeness (QED) is 0.908. The first kappa shape index (κ1) is 14.3. The number of benzene rings is 1. The highest BCUT2D eigenvalue weighted by Gasteiger charge is 2.07. The van der Waals surface area contributed by atoms with E-state index in [2.05, 4.69) is 11.9 Å². The van der Waals surface area contributed by atoms with Gasteiger partial charge in [0.2, 0.25) is 0 Å². The Bertz CT molecular complexity index is 554. The molecule has 3 nitrogen and oxygen atoms in total. The van der Waals surface area contributed by atoms with E-state index in [0.717, 1.165) is 22.7 Å². The van der Waals surface area contributed by atoms with E-state index in [0.29, 0.717) is 17.4 Å². The van der Waals surface area contributed by atoms with Crippen LogP contribution in [-0.4, -0.2) is 4.98 Å². The summed E-state index contributed by atoms with van der Waals surface area (Å²) in [6.07, 6.45) is 0.953. The SMILES string of the molecule is CCc1nc(COc2ccc([C@H](C)N)cc2Cl)cs1. The van der Waals surface area contributed by atoms with Gasteiger partial charge in [0.15, 0.2) is 0 Å². The molecule has 102 valence electrons. The van der Waals surface area contributed by atoms with E-state index in [1.165, 1.54) is 0 Å². The van der Waals surface area contributed by atoms with Crippen molar-refractivity contribution in [1.82, 2.24) is 4.98 Å². The Morgan fingerprint density at radius 1 is 1.47 bits per heavy atom. The smallest absolute Gasteiger partial charge is 0.138 e. The van der Waals surface area contributed by atoms with Crippen LogP contribution in [0.5, 0.6) is 5.75 Å². The molecule has 1 atom stereocenters. The summed E-state index contributed by atoms with van der Waals surface area (Å²) in [5.41, 5.74) is 7.75. The normalized spacial score (nSPS) is 12.4. The van der Waals surface area contributed by atoms with Crippen molar-refractivity contribution in [2.24, 2.45) is 5.73 Å². The molecule has 0 aliphatic rings. The molecule has 0 saturated heterocycles. The molecule has 5 heteroatoms. The summed E-state index contributed by atoms with van der Waals surface area (Å²) in [5, 5.41) is 3.72. The Morgan fingerprint density at radius 2 is 2.26 bits per heavy atom. The summed E-state index contributed by atoms with van der Waals surface area (Å²) in [7, 11) is 0. The fourth-order valence-corrected chi connectivity index (χ4v) is 2.62. The van der Waals surface area contributed by atoms with E-state index >= 15 is 0 Å². The molecule has 0 aliphatic heterocycles. The van der Waals surface area contributed by atoms with Crippen LogP contribution in [0.15, 0.2) is 23.6 Å².